The van der Waals surface area contributed by atoms with E-state index in [4.69, 9.17) is 9.47 Å². The molecule has 0 aromatic heterocycles. The van der Waals surface area contributed by atoms with Crippen molar-refractivity contribution in [2.75, 3.05) is 26.8 Å². The number of piperidine rings is 1. The summed E-state index contributed by atoms with van der Waals surface area (Å²) >= 11 is 0. The molecule has 6 heteroatoms. The normalized spacial score (nSPS) is 20.8. The molecular formula is C22H24FNO4. The van der Waals surface area contributed by atoms with Crippen molar-refractivity contribution in [2.24, 2.45) is 5.92 Å². The van der Waals surface area contributed by atoms with E-state index in [1.54, 1.807) is 24.1 Å². The second-order valence-corrected chi connectivity index (χ2v) is 7.55. The summed E-state index contributed by atoms with van der Waals surface area (Å²) in [5, 5.41) is 10.9. The first-order chi connectivity index (χ1) is 13.5. The molecular weight excluding hydrogens is 361 g/mol. The highest BCUT2D eigenvalue weighted by atomic mass is 19.1. The molecule has 5 nitrogen and oxygen atoms in total. The Morgan fingerprint density at radius 2 is 1.93 bits per heavy atom. The molecule has 148 valence electrons. The maximum Gasteiger partial charge on any atom is 0.229 e. The standard InChI is InChI=1S/C22H24FNO4/c1-27-19-7-2-15-12-16(14-28-20(15)13-19)21(25)24-10-8-22(26,9-11-24)17-3-5-18(23)6-4-17/h2-7,13,16,26H,8-12,14H2,1H3/t16-/m1/s1. The number of carbonyl (C=O) groups excluding carboxylic acids is 1. The Labute approximate surface area is 163 Å². The molecule has 2 aliphatic rings. The van der Waals surface area contributed by atoms with Gasteiger partial charge in [0.15, 0.2) is 0 Å². The highest BCUT2D eigenvalue weighted by molar-refractivity contribution is 5.80. The summed E-state index contributed by atoms with van der Waals surface area (Å²) in [4.78, 5) is 14.8. The van der Waals surface area contributed by atoms with Gasteiger partial charge in [0.1, 0.15) is 23.9 Å². The summed E-state index contributed by atoms with van der Waals surface area (Å²) in [6.07, 6.45) is 1.51. The van der Waals surface area contributed by atoms with Gasteiger partial charge in [-0.1, -0.05) is 18.2 Å². The molecule has 0 aliphatic carbocycles. The molecule has 0 spiro atoms. The third-order valence-corrected chi connectivity index (χ3v) is 5.81. The quantitative estimate of drug-likeness (QED) is 0.883. The smallest absolute Gasteiger partial charge is 0.229 e. The van der Waals surface area contributed by atoms with E-state index in [1.165, 1.54) is 12.1 Å². The van der Waals surface area contributed by atoms with Gasteiger partial charge in [-0.05, 0) is 48.6 Å². The lowest BCUT2D eigenvalue weighted by Crippen LogP contribution is -2.48. The van der Waals surface area contributed by atoms with Crippen LogP contribution < -0.4 is 9.47 Å². The maximum absolute atomic E-state index is 13.1. The van der Waals surface area contributed by atoms with Gasteiger partial charge >= 0.3 is 0 Å². The molecule has 28 heavy (non-hydrogen) atoms. The third kappa shape index (κ3) is 3.56. The van der Waals surface area contributed by atoms with Crippen LogP contribution in [-0.4, -0.2) is 42.7 Å². The SMILES string of the molecule is COc1ccc2c(c1)OC[C@H](C(=O)N1CCC(O)(c3ccc(F)cc3)CC1)C2. The second-order valence-electron chi connectivity index (χ2n) is 7.55. The van der Waals surface area contributed by atoms with E-state index < -0.39 is 5.60 Å². The second kappa shape index (κ2) is 7.43. The molecule has 2 aromatic carbocycles. The third-order valence-electron chi connectivity index (χ3n) is 5.81. The van der Waals surface area contributed by atoms with Gasteiger partial charge in [-0.2, -0.15) is 0 Å². The molecule has 1 N–H and O–H groups in total. The maximum atomic E-state index is 13.1. The number of aliphatic hydroxyl groups is 1. The van der Waals surface area contributed by atoms with E-state index in [0.717, 1.165) is 17.1 Å². The van der Waals surface area contributed by atoms with Gasteiger partial charge in [-0.3, -0.25) is 4.79 Å². The Kier molecular flexibility index (Phi) is 4.98. The summed E-state index contributed by atoms with van der Waals surface area (Å²) < 4.78 is 24.2. The molecule has 2 aliphatic heterocycles. The number of amides is 1. The minimum Gasteiger partial charge on any atom is -0.497 e. The zero-order chi connectivity index (χ0) is 19.7. The summed E-state index contributed by atoms with van der Waals surface area (Å²) in [6, 6.07) is 11.6. The fourth-order valence-electron chi connectivity index (χ4n) is 4.04. The molecule has 1 fully saturated rings. The number of nitrogens with zero attached hydrogens (tertiary/aromatic N) is 1. The van der Waals surface area contributed by atoms with Crippen molar-refractivity contribution >= 4 is 5.91 Å². The number of likely N-dealkylation sites (tertiary alicyclic amines) is 1. The molecule has 0 radical (unpaired) electrons. The Morgan fingerprint density at radius 3 is 2.61 bits per heavy atom. The molecule has 1 saturated heterocycles. The van der Waals surface area contributed by atoms with Gasteiger partial charge in [0.25, 0.3) is 0 Å². The Hall–Kier alpha value is -2.60. The number of benzene rings is 2. The number of fused-ring (bicyclic) bond motifs is 1. The van der Waals surface area contributed by atoms with Crippen LogP contribution in [0.15, 0.2) is 42.5 Å². The lowest BCUT2D eigenvalue weighted by Gasteiger charge is -2.40. The van der Waals surface area contributed by atoms with Crippen LogP contribution in [-0.2, 0) is 16.8 Å². The van der Waals surface area contributed by atoms with Crippen LogP contribution in [0.4, 0.5) is 4.39 Å². The van der Waals surface area contributed by atoms with Crippen LogP contribution >= 0.6 is 0 Å². The van der Waals surface area contributed by atoms with Gasteiger partial charge in [-0.25, -0.2) is 4.39 Å². The predicted molar refractivity (Wildman–Crippen MR) is 102 cm³/mol. The lowest BCUT2D eigenvalue weighted by molar-refractivity contribution is -0.141. The first-order valence-corrected chi connectivity index (χ1v) is 9.55. The summed E-state index contributed by atoms with van der Waals surface area (Å²) in [6.45, 7) is 1.29. The number of rotatable bonds is 3. The molecule has 1 atom stereocenters. The van der Waals surface area contributed by atoms with Crippen LogP contribution in [0, 0.1) is 11.7 Å². The van der Waals surface area contributed by atoms with Crippen molar-refractivity contribution in [3.8, 4) is 11.5 Å². The monoisotopic (exact) mass is 385 g/mol. The molecule has 2 heterocycles. The van der Waals surface area contributed by atoms with E-state index in [2.05, 4.69) is 0 Å². The van der Waals surface area contributed by atoms with Gasteiger partial charge in [-0.15, -0.1) is 0 Å². The molecule has 1 amide bonds. The van der Waals surface area contributed by atoms with Crippen molar-refractivity contribution in [1.82, 2.24) is 4.90 Å². The van der Waals surface area contributed by atoms with E-state index in [-0.39, 0.29) is 17.6 Å². The average Bonchev–Trinajstić information content (AvgIpc) is 2.73. The number of hydrogen-bond acceptors (Lipinski definition) is 4. The van der Waals surface area contributed by atoms with Crippen molar-refractivity contribution in [1.29, 1.82) is 0 Å². The van der Waals surface area contributed by atoms with Crippen molar-refractivity contribution in [3.05, 3.63) is 59.4 Å². The summed E-state index contributed by atoms with van der Waals surface area (Å²) in [7, 11) is 1.61. The Morgan fingerprint density at radius 1 is 1.21 bits per heavy atom. The van der Waals surface area contributed by atoms with Crippen molar-refractivity contribution in [2.45, 2.75) is 24.9 Å². The van der Waals surface area contributed by atoms with Crippen LogP contribution in [0.25, 0.3) is 0 Å². The topological polar surface area (TPSA) is 59.0 Å². The summed E-state index contributed by atoms with van der Waals surface area (Å²) in [5.41, 5.74) is 0.687. The fourth-order valence-corrected chi connectivity index (χ4v) is 4.04. The van der Waals surface area contributed by atoms with Gasteiger partial charge in [0.05, 0.1) is 18.6 Å². The minimum absolute atomic E-state index is 0.0580. The predicted octanol–water partition coefficient (Wildman–Crippen LogP) is 2.90. The highest BCUT2D eigenvalue weighted by Crippen LogP contribution is 2.35. The highest BCUT2D eigenvalue weighted by Gasteiger charge is 2.38. The average molecular weight is 385 g/mol. The van der Waals surface area contributed by atoms with Crippen molar-refractivity contribution < 1.29 is 23.8 Å². The van der Waals surface area contributed by atoms with Gasteiger partial charge < -0.3 is 19.5 Å². The van der Waals surface area contributed by atoms with E-state index >= 15 is 0 Å². The van der Waals surface area contributed by atoms with E-state index in [9.17, 15) is 14.3 Å². The molecule has 0 unspecified atom stereocenters. The van der Waals surface area contributed by atoms with Crippen LogP contribution in [0.3, 0.4) is 0 Å². The van der Waals surface area contributed by atoms with E-state index in [1.807, 2.05) is 18.2 Å². The largest absolute Gasteiger partial charge is 0.497 e. The molecule has 0 bridgehead atoms. The summed E-state index contributed by atoms with van der Waals surface area (Å²) in [5.74, 6) is 1.02. The van der Waals surface area contributed by atoms with Crippen LogP contribution in [0.1, 0.15) is 24.0 Å². The Bertz CT molecular complexity index is 859. The zero-order valence-corrected chi connectivity index (χ0v) is 15.9. The number of methoxy groups -OCH3 is 1. The van der Waals surface area contributed by atoms with Gasteiger partial charge in [0, 0.05) is 19.2 Å². The number of halogens is 1. The number of carbonyl (C=O) groups is 1. The van der Waals surface area contributed by atoms with Crippen molar-refractivity contribution in [3.63, 3.8) is 0 Å². The van der Waals surface area contributed by atoms with E-state index in [0.29, 0.717) is 44.5 Å². The molecule has 0 saturated carbocycles. The fraction of sp³-hybridized carbons (Fsp3) is 0.409. The number of ether oxygens (including phenoxy) is 2. The van der Waals surface area contributed by atoms with Crippen LogP contribution in [0.2, 0.25) is 0 Å². The first-order valence-electron chi connectivity index (χ1n) is 9.55. The van der Waals surface area contributed by atoms with Gasteiger partial charge in [0.2, 0.25) is 5.91 Å². The van der Waals surface area contributed by atoms with Crippen LogP contribution in [0.5, 0.6) is 11.5 Å². The molecule has 4 rings (SSSR count). The number of hydrogen-bond donors (Lipinski definition) is 1. The molecule has 2 aromatic rings. The Balaban J connectivity index is 1.39. The zero-order valence-electron chi connectivity index (χ0n) is 15.9. The lowest BCUT2D eigenvalue weighted by atomic mass is 9.84. The first kappa shape index (κ1) is 18.7. The minimum atomic E-state index is -1.02.